The third-order valence-electron chi connectivity index (χ3n) is 4.81. The zero-order valence-electron chi connectivity index (χ0n) is 14.4. The monoisotopic (exact) mass is 355 g/mol. The van der Waals surface area contributed by atoms with Crippen molar-refractivity contribution in [1.82, 2.24) is 24.2 Å². The van der Waals surface area contributed by atoms with Gasteiger partial charge in [0, 0.05) is 26.1 Å². The molecule has 0 saturated carbocycles. The summed E-state index contributed by atoms with van der Waals surface area (Å²) < 4.78 is 3.47. The summed E-state index contributed by atoms with van der Waals surface area (Å²) >= 11 is 0. The molecule has 1 aliphatic rings. The lowest BCUT2D eigenvalue weighted by atomic mass is 10.2. The van der Waals surface area contributed by atoms with Gasteiger partial charge in [-0.3, -0.25) is 14.0 Å². The van der Waals surface area contributed by atoms with Crippen LogP contribution in [0.5, 0.6) is 0 Å². The van der Waals surface area contributed by atoms with E-state index in [1.807, 2.05) is 39.9 Å². The van der Waals surface area contributed by atoms with Crippen molar-refractivity contribution in [3.05, 3.63) is 52.2 Å². The maximum atomic E-state index is 12.7. The number of nitrogens with one attached hydrogen (secondary N) is 1. The molecular weight excluding hydrogens is 334 g/mol. The molecule has 0 radical (unpaired) electrons. The van der Waals surface area contributed by atoms with Gasteiger partial charge >= 0.3 is 5.69 Å². The molecule has 0 unspecified atom stereocenters. The van der Waals surface area contributed by atoms with Crippen molar-refractivity contribution in [2.24, 2.45) is 0 Å². The molecule has 0 atom stereocenters. The highest BCUT2D eigenvalue weighted by atomic mass is 16.3. The van der Waals surface area contributed by atoms with E-state index in [2.05, 4.69) is 10.1 Å². The average Bonchev–Trinajstić information content (AvgIpc) is 3.12. The maximum absolute atomic E-state index is 12.7. The fraction of sp³-hybridized carbons (Fsp3) is 0.389. The highest BCUT2D eigenvalue weighted by Crippen LogP contribution is 2.16. The molecule has 0 spiro atoms. The molecule has 0 bridgehead atoms. The van der Waals surface area contributed by atoms with Gasteiger partial charge in [-0.05, 0) is 24.6 Å². The van der Waals surface area contributed by atoms with Crippen LogP contribution in [0.25, 0.3) is 11.0 Å². The van der Waals surface area contributed by atoms with Crippen LogP contribution >= 0.6 is 0 Å². The van der Waals surface area contributed by atoms with Gasteiger partial charge < -0.3 is 15.0 Å². The van der Waals surface area contributed by atoms with Crippen LogP contribution < -0.4 is 5.69 Å². The molecule has 8 heteroatoms. The molecule has 136 valence electrons. The Hall–Kier alpha value is -2.87. The molecule has 1 amide bonds. The fourth-order valence-corrected chi connectivity index (χ4v) is 3.51. The van der Waals surface area contributed by atoms with E-state index in [0.29, 0.717) is 25.3 Å². The van der Waals surface area contributed by atoms with Crippen LogP contribution in [0.4, 0.5) is 0 Å². The Kier molecular flexibility index (Phi) is 4.34. The summed E-state index contributed by atoms with van der Waals surface area (Å²) in [6.45, 7) is 2.13. The zero-order valence-corrected chi connectivity index (χ0v) is 14.4. The standard InChI is InChI=1S/C18H21N5O3/c24-12-13-10-14-11-21(7-3-8-23(14)20-13)17(25)6-9-22-16-5-2-1-4-15(16)19-18(22)26/h1-2,4-5,10,24H,3,6-9,11-12H2,(H,19,26). The van der Waals surface area contributed by atoms with Crippen molar-refractivity contribution in [3.63, 3.8) is 0 Å². The van der Waals surface area contributed by atoms with Gasteiger partial charge in [0.25, 0.3) is 0 Å². The first-order valence-corrected chi connectivity index (χ1v) is 8.77. The first-order valence-electron chi connectivity index (χ1n) is 8.77. The Bertz CT molecular complexity index is 1000. The van der Waals surface area contributed by atoms with Gasteiger partial charge in [-0.25, -0.2) is 4.79 Å². The fourth-order valence-electron chi connectivity index (χ4n) is 3.51. The minimum absolute atomic E-state index is 0.0161. The van der Waals surface area contributed by atoms with E-state index in [0.717, 1.165) is 29.7 Å². The van der Waals surface area contributed by atoms with Gasteiger partial charge in [-0.2, -0.15) is 5.10 Å². The molecule has 1 aromatic carbocycles. The number of para-hydroxylation sites is 2. The highest BCUT2D eigenvalue weighted by molar-refractivity contribution is 5.77. The Morgan fingerprint density at radius 1 is 1.27 bits per heavy atom. The van der Waals surface area contributed by atoms with Crippen molar-refractivity contribution in [2.75, 3.05) is 6.54 Å². The van der Waals surface area contributed by atoms with E-state index in [9.17, 15) is 14.7 Å². The van der Waals surface area contributed by atoms with Crippen molar-refractivity contribution in [2.45, 2.75) is 39.1 Å². The number of aromatic nitrogens is 4. The van der Waals surface area contributed by atoms with E-state index < -0.39 is 0 Å². The Labute approximate surface area is 149 Å². The second-order valence-electron chi connectivity index (χ2n) is 6.53. The third-order valence-corrected chi connectivity index (χ3v) is 4.81. The van der Waals surface area contributed by atoms with Gasteiger partial charge in [0.15, 0.2) is 0 Å². The molecule has 1 aliphatic heterocycles. The number of aromatic amines is 1. The number of benzene rings is 1. The smallest absolute Gasteiger partial charge is 0.326 e. The number of amides is 1. The molecule has 0 fully saturated rings. The highest BCUT2D eigenvalue weighted by Gasteiger charge is 2.21. The summed E-state index contributed by atoms with van der Waals surface area (Å²) in [5.41, 5.74) is 2.95. The number of nitrogens with zero attached hydrogens (tertiary/aromatic N) is 4. The van der Waals surface area contributed by atoms with Crippen LogP contribution in [0.3, 0.4) is 0 Å². The molecule has 26 heavy (non-hydrogen) atoms. The summed E-state index contributed by atoms with van der Waals surface area (Å²) in [6.07, 6.45) is 1.08. The van der Waals surface area contributed by atoms with Crippen molar-refractivity contribution >= 4 is 16.9 Å². The molecule has 0 aliphatic carbocycles. The van der Waals surface area contributed by atoms with Crippen LogP contribution in [-0.2, 0) is 31.0 Å². The number of aliphatic hydroxyl groups excluding tert-OH is 1. The first kappa shape index (κ1) is 16.6. The second kappa shape index (κ2) is 6.80. The molecule has 2 aromatic heterocycles. The topological polar surface area (TPSA) is 96.2 Å². The molecule has 0 saturated heterocycles. The van der Waals surface area contributed by atoms with E-state index in [1.165, 1.54) is 0 Å². The van der Waals surface area contributed by atoms with Crippen LogP contribution in [0.1, 0.15) is 24.2 Å². The minimum Gasteiger partial charge on any atom is -0.390 e. The summed E-state index contributed by atoms with van der Waals surface area (Å²) in [7, 11) is 0. The van der Waals surface area contributed by atoms with E-state index in [1.54, 1.807) is 4.57 Å². The largest absolute Gasteiger partial charge is 0.390 e. The third kappa shape index (κ3) is 3.03. The number of aliphatic hydroxyl groups is 1. The predicted octanol–water partition coefficient (Wildman–Crippen LogP) is 0.841. The zero-order chi connectivity index (χ0) is 18.1. The lowest BCUT2D eigenvalue weighted by Gasteiger charge is -2.20. The van der Waals surface area contributed by atoms with Crippen LogP contribution in [-0.4, -0.2) is 41.8 Å². The van der Waals surface area contributed by atoms with Gasteiger partial charge in [0.05, 0.1) is 35.6 Å². The number of rotatable bonds is 4. The van der Waals surface area contributed by atoms with Gasteiger partial charge in [0.1, 0.15) is 0 Å². The normalized spacial score (nSPS) is 14.4. The summed E-state index contributed by atoms with van der Waals surface area (Å²) in [5.74, 6) is 0.0161. The number of imidazole rings is 1. The maximum Gasteiger partial charge on any atom is 0.326 e. The second-order valence-corrected chi connectivity index (χ2v) is 6.53. The van der Waals surface area contributed by atoms with E-state index >= 15 is 0 Å². The molecule has 3 aromatic rings. The van der Waals surface area contributed by atoms with E-state index in [4.69, 9.17) is 0 Å². The van der Waals surface area contributed by atoms with Crippen molar-refractivity contribution in [1.29, 1.82) is 0 Å². The molecule has 8 nitrogen and oxygen atoms in total. The average molecular weight is 355 g/mol. The summed E-state index contributed by atoms with van der Waals surface area (Å²) in [6, 6.07) is 9.32. The minimum atomic E-state index is -0.194. The Balaban J connectivity index is 1.47. The first-order chi connectivity index (χ1) is 12.7. The molecule has 2 N–H and O–H groups in total. The number of carbonyl (C=O) groups excluding carboxylic acids is 1. The van der Waals surface area contributed by atoms with E-state index in [-0.39, 0.29) is 24.6 Å². The SMILES string of the molecule is O=C(CCn1c(=O)[nH]c2ccccc21)N1CCCn2nc(CO)cc2C1. The molecular formula is C18H21N5O3. The van der Waals surface area contributed by atoms with Gasteiger partial charge in [-0.1, -0.05) is 12.1 Å². The Morgan fingerprint density at radius 3 is 2.96 bits per heavy atom. The van der Waals surface area contributed by atoms with Crippen LogP contribution in [0, 0.1) is 0 Å². The quantitative estimate of drug-likeness (QED) is 0.725. The lowest BCUT2D eigenvalue weighted by Crippen LogP contribution is -2.32. The van der Waals surface area contributed by atoms with Crippen molar-refractivity contribution < 1.29 is 9.90 Å². The number of fused-ring (bicyclic) bond motifs is 2. The number of hydrogen-bond acceptors (Lipinski definition) is 4. The summed E-state index contributed by atoms with van der Waals surface area (Å²) in [5, 5.41) is 13.6. The van der Waals surface area contributed by atoms with Crippen LogP contribution in [0.2, 0.25) is 0 Å². The van der Waals surface area contributed by atoms with Gasteiger partial charge in [-0.15, -0.1) is 0 Å². The predicted molar refractivity (Wildman–Crippen MR) is 95.4 cm³/mol. The summed E-state index contributed by atoms with van der Waals surface area (Å²) in [4.78, 5) is 29.4. The number of H-pyrrole nitrogens is 1. The van der Waals surface area contributed by atoms with Gasteiger partial charge in [0.2, 0.25) is 5.91 Å². The van der Waals surface area contributed by atoms with Crippen LogP contribution in [0.15, 0.2) is 35.1 Å². The number of carbonyl (C=O) groups is 1. The number of aryl methyl sites for hydroxylation is 2. The molecule has 3 heterocycles. The molecule has 4 rings (SSSR count). The lowest BCUT2D eigenvalue weighted by molar-refractivity contribution is -0.132. The number of hydrogen-bond donors (Lipinski definition) is 2. The van der Waals surface area contributed by atoms with Crippen molar-refractivity contribution in [3.8, 4) is 0 Å². The Morgan fingerprint density at radius 2 is 2.12 bits per heavy atom.